The monoisotopic (exact) mass is 286 g/mol. The van der Waals surface area contributed by atoms with Crippen LogP contribution in [0.25, 0.3) is 0 Å². The highest BCUT2D eigenvalue weighted by Gasteiger charge is 1.95. The van der Waals surface area contributed by atoms with Crippen LogP contribution in [0.4, 0.5) is 0 Å². The molecular weight excluding hydrogens is 264 g/mol. The van der Waals surface area contributed by atoms with Gasteiger partial charge in [-0.1, -0.05) is 31.1 Å². The topological polar surface area (TPSA) is 57.5 Å². The molecule has 3 heteroatoms. The highest BCUT2D eigenvalue weighted by Crippen LogP contribution is 2.06. The van der Waals surface area contributed by atoms with Gasteiger partial charge in [-0.2, -0.15) is 0 Å². The van der Waals surface area contributed by atoms with Crippen LogP contribution in [-0.2, 0) is 4.79 Å². The summed E-state index contributed by atoms with van der Waals surface area (Å²) in [5, 5.41) is 17.4. The van der Waals surface area contributed by atoms with Crippen LogP contribution in [0.1, 0.15) is 51.9 Å². The molecule has 0 spiro atoms. The number of carbonyl (C=O) groups is 1. The van der Waals surface area contributed by atoms with Crippen LogP contribution in [0.3, 0.4) is 0 Å². The summed E-state index contributed by atoms with van der Waals surface area (Å²) in [6.07, 6.45) is 8.61. The molecule has 0 heterocycles. The number of rotatable bonds is 8. The van der Waals surface area contributed by atoms with Gasteiger partial charge in [0.2, 0.25) is 0 Å². The minimum atomic E-state index is -0.719. The third-order valence-electron chi connectivity index (χ3n) is 2.50. The normalized spacial score (nSPS) is 10.6. The van der Waals surface area contributed by atoms with E-state index in [4.69, 9.17) is 10.2 Å². The van der Waals surface area contributed by atoms with Crippen LogP contribution < -0.4 is 0 Å². The second-order valence-electron chi connectivity index (χ2n) is 4.58. The lowest BCUT2D eigenvalue weighted by Gasteiger charge is -1.96. The van der Waals surface area contributed by atoms with E-state index in [0.29, 0.717) is 0 Å². The highest BCUT2D eigenvalue weighted by atomic mass is 16.4. The lowest BCUT2D eigenvalue weighted by molar-refractivity contribution is -0.137. The molecule has 0 fully saturated rings. The second kappa shape index (κ2) is 14.3. The molecule has 0 saturated heterocycles. The molecule has 2 N–H and O–H groups in total. The van der Waals surface area contributed by atoms with E-state index in [-0.39, 0.29) is 6.42 Å². The van der Waals surface area contributed by atoms with Crippen molar-refractivity contribution >= 4 is 5.97 Å². The zero-order chi connectivity index (χ0) is 15.8. The lowest BCUT2D eigenvalue weighted by atomic mass is 10.1. The molecule has 1 unspecified atom stereocenters. The molecule has 0 aliphatic heterocycles. The maximum Gasteiger partial charge on any atom is 0.303 e. The summed E-state index contributed by atoms with van der Waals surface area (Å²) in [6, 6.07) is 0. The third-order valence-corrected chi connectivity index (χ3v) is 2.50. The number of aliphatic hydroxyl groups is 1. The van der Waals surface area contributed by atoms with Gasteiger partial charge < -0.3 is 10.2 Å². The van der Waals surface area contributed by atoms with E-state index < -0.39 is 12.1 Å². The Morgan fingerprint density at radius 1 is 1.05 bits per heavy atom. The molecule has 0 saturated carbocycles. The molecule has 0 rings (SSSR count). The quantitative estimate of drug-likeness (QED) is 0.533. The van der Waals surface area contributed by atoms with Crippen molar-refractivity contribution in [3.05, 3.63) is 12.2 Å². The van der Waals surface area contributed by atoms with Gasteiger partial charge in [-0.25, -0.2) is 0 Å². The Kier molecular flexibility index (Phi) is 12.8. The number of hydrogen-bond acceptors (Lipinski definition) is 2. The summed E-state index contributed by atoms with van der Waals surface area (Å²) in [5.41, 5.74) is 0. The fourth-order valence-corrected chi connectivity index (χ4v) is 1.45. The number of aliphatic hydroxyl groups excluding tert-OH is 1. The largest absolute Gasteiger partial charge is 0.481 e. The van der Waals surface area contributed by atoms with Crippen LogP contribution in [0.5, 0.6) is 0 Å². The van der Waals surface area contributed by atoms with E-state index in [1.807, 2.05) is 0 Å². The van der Waals surface area contributed by atoms with Crippen molar-refractivity contribution in [1.82, 2.24) is 0 Å². The number of hydrogen-bond donors (Lipinski definition) is 2. The Morgan fingerprint density at radius 3 is 2.43 bits per heavy atom. The van der Waals surface area contributed by atoms with Gasteiger partial charge in [-0.15, -0.1) is 0 Å². The number of unbranched alkanes of at least 4 members (excludes halogenated alkanes) is 5. The minimum absolute atomic E-state index is 0.267. The summed E-state index contributed by atoms with van der Waals surface area (Å²) in [5.74, 6) is 15.5. The fourth-order valence-electron chi connectivity index (χ4n) is 1.45. The SMILES string of the molecule is CC(O)/C=C/C#CC#CC#CCCCCCCCC(=O)O. The van der Waals surface area contributed by atoms with Crippen molar-refractivity contribution in [2.45, 2.75) is 58.0 Å². The molecule has 1 atom stereocenters. The molecule has 0 radical (unpaired) electrons. The Balaban J connectivity index is 3.56. The van der Waals surface area contributed by atoms with E-state index >= 15 is 0 Å². The van der Waals surface area contributed by atoms with Gasteiger partial charge in [0.25, 0.3) is 0 Å². The van der Waals surface area contributed by atoms with Crippen LogP contribution in [0, 0.1) is 35.5 Å². The van der Waals surface area contributed by atoms with Gasteiger partial charge in [0, 0.05) is 12.8 Å². The zero-order valence-corrected chi connectivity index (χ0v) is 12.5. The standard InChI is InChI=1S/C18H22O3/c1-17(19)15-13-11-9-7-5-3-2-4-6-8-10-12-14-16-18(20)21/h13,15,17,19H,4,6,8,10,12,14,16H2,1H3,(H,20,21)/b15-13+. The third kappa shape index (κ3) is 17.9. The summed E-state index contributed by atoms with van der Waals surface area (Å²) in [7, 11) is 0. The van der Waals surface area contributed by atoms with Gasteiger partial charge in [-0.3, -0.25) is 4.79 Å². The van der Waals surface area contributed by atoms with E-state index in [0.717, 1.165) is 38.5 Å². The van der Waals surface area contributed by atoms with Crippen molar-refractivity contribution in [2.75, 3.05) is 0 Å². The zero-order valence-electron chi connectivity index (χ0n) is 12.5. The number of allylic oxidation sites excluding steroid dienone is 1. The van der Waals surface area contributed by atoms with Crippen LogP contribution in [0.2, 0.25) is 0 Å². The summed E-state index contributed by atoms with van der Waals surface area (Å²) < 4.78 is 0. The molecule has 112 valence electrons. The molecule has 0 amide bonds. The first-order valence-corrected chi connectivity index (χ1v) is 7.18. The van der Waals surface area contributed by atoms with Crippen molar-refractivity contribution < 1.29 is 15.0 Å². The average molecular weight is 286 g/mol. The smallest absolute Gasteiger partial charge is 0.303 e. The van der Waals surface area contributed by atoms with Gasteiger partial charge in [-0.05, 0) is 55.6 Å². The highest BCUT2D eigenvalue weighted by molar-refractivity contribution is 5.66. The first-order chi connectivity index (χ1) is 10.1. The predicted octanol–water partition coefficient (Wildman–Crippen LogP) is 2.75. The maximum absolute atomic E-state index is 10.3. The first kappa shape index (κ1) is 18.9. The molecule has 0 aliphatic carbocycles. The summed E-state index contributed by atoms with van der Waals surface area (Å²) in [6.45, 7) is 1.65. The number of carboxylic acid groups (broad SMARTS) is 1. The molecule has 0 bridgehead atoms. The molecule has 0 aromatic heterocycles. The van der Waals surface area contributed by atoms with Gasteiger partial charge in [0.15, 0.2) is 0 Å². The van der Waals surface area contributed by atoms with Gasteiger partial charge in [0.05, 0.1) is 6.10 Å². The van der Waals surface area contributed by atoms with Crippen molar-refractivity contribution in [1.29, 1.82) is 0 Å². The molecule has 0 aliphatic rings. The van der Waals surface area contributed by atoms with Gasteiger partial charge >= 0.3 is 5.97 Å². The molecule has 0 aromatic rings. The fraction of sp³-hybridized carbons (Fsp3) is 0.500. The maximum atomic E-state index is 10.3. The van der Waals surface area contributed by atoms with Crippen molar-refractivity contribution in [3.8, 4) is 35.5 Å². The predicted molar refractivity (Wildman–Crippen MR) is 84.1 cm³/mol. The molecule has 21 heavy (non-hydrogen) atoms. The van der Waals surface area contributed by atoms with Crippen molar-refractivity contribution in [3.63, 3.8) is 0 Å². The summed E-state index contributed by atoms with van der Waals surface area (Å²) >= 11 is 0. The van der Waals surface area contributed by atoms with Gasteiger partial charge in [0.1, 0.15) is 0 Å². The second-order valence-corrected chi connectivity index (χ2v) is 4.58. The van der Waals surface area contributed by atoms with Crippen LogP contribution in [0.15, 0.2) is 12.2 Å². The van der Waals surface area contributed by atoms with E-state index in [1.54, 1.807) is 19.1 Å². The van der Waals surface area contributed by atoms with Crippen molar-refractivity contribution in [2.24, 2.45) is 0 Å². The van der Waals surface area contributed by atoms with Crippen LogP contribution in [-0.4, -0.2) is 22.3 Å². The summed E-state index contributed by atoms with van der Waals surface area (Å²) in [4.78, 5) is 10.3. The Hall–Kier alpha value is -2.15. The molecule has 3 nitrogen and oxygen atoms in total. The average Bonchev–Trinajstić information content (AvgIpc) is 2.42. The Morgan fingerprint density at radius 2 is 1.71 bits per heavy atom. The van der Waals surface area contributed by atoms with E-state index in [2.05, 4.69) is 35.5 Å². The van der Waals surface area contributed by atoms with E-state index in [1.165, 1.54) is 0 Å². The first-order valence-electron chi connectivity index (χ1n) is 7.18. The number of carboxylic acids is 1. The molecule has 0 aromatic carbocycles. The minimum Gasteiger partial charge on any atom is -0.481 e. The number of aliphatic carboxylic acids is 1. The Bertz CT molecular complexity index is 496. The lowest BCUT2D eigenvalue weighted by Crippen LogP contribution is -1.93. The van der Waals surface area contributed by atoms with Crippen LogP contribution >= 0.6 is 0 Å². The van der Waals surface area contributed by atoms with E-state index in [9.17, 15) is 4.79 Å². The molecular formula is C18H22O3. The Labute approximate surface area is 127 Å².